The van der Waals surface area contributed by atoms with Gasteiger partial charge in [0.15, 0.2) is 0 Å². The van der Waals surface area contributed by atoms with Crippen LogP contribution in [-0.4, -0.2) is 19.2 Å². The van der Waals surface area contributed by atoms with Gasteiger partial charge < -0.3 is 10.1 Å². The standard InChI is InChI=1S/C18H29NO/c1-3-5-9-16(8-4-2)19-14-15-12-13-20-18-11-7-6-10-17(15)18/h6-7,10-11,15-16,19H,3-5,8-9,12-14H2,1-2H3. The maximum Gasteiger partial charge on any atom is 0.122 e. The molecule has 2 nitrogen and oxygen atoms in total. The van der Waals surface area contributed by atoms with Gasteiger partial charge in [0.05, 0.1) is 6.61 Å². The van der Waals surface area contributed by atoms with Crippen LogP contribution in [0.15, 0.2) is 24.3 Å². The summed E-state index contributed by atoms with van der Waals surface area (Å²) < 4.78 is 5.75. The van der Waals surface area contributed by atoms with Gasteiger partial charge in [-0.3, -0.25) is 0 Å². The van der Waals surface area contributed by atoms with Crippen LogP contribution in [0.3, 0.4) is 0 Å². The fourth-order valence-corrected chi connectivity index (χ4v) is 3.08. The number of nitrogens with one attached hydrogen (secondary N) is 1. The molecule has 1 aromatic rings. The molecule has 0 aromatic heterocycles. The molecule has 2 rings (SSSR count). The van der Waals surface area contributed by atoms with Gasteiger partial charge in [0.2, 0.25) is 0 Å². The van der Waals surface area contributed by atoms with Crippen LogP contribution in [0.2, 0.25) is 0 Å². The minimum Gasteiger partial charge on any atom is -0.493 e. The predicted octanol–water partition coefficient (Wildman–Crippen LogP) is 4.50. The lowest BCUT2D eigenvalue weighted by Gasteiger charge is -2.28. The molecular formula is C18H29NO. The lowest BCUT2D eigenvalue weighted by Crippen LogP contribution is -2.34. The molecule has 1 N–H and O–H groups in total. The van der Waals surface area contributed by atoms with Crippen LogP contribution in [0.4, 0.5) is 0 Å². The van der Waals surface area contributed by atoms with Gasteiger partial charge in [-0.2, -0.15) is 0 Å². The SMILES string of the molecule is CCCCC(CCC)NCC1CCOc2ccccc21. The first kappa shape index (κ1) is 15.4. The summed E-state index contributed by atoms with van der Waals surface area (Å²) in [5, 5.41) is 3.81. The van der Waals surface area contributed by atoms with Gasteiger partial charge in [-0.25, -0.2) is 0 Å². The molecule has 0 saturated heterocycles. The van der Waals surface area contributed by atoms with Crippen molar-refractivity contribution in [3.05, 3.63) is 29.8 Å². The Bertz CT molecular complexity index is 391. The Morgan fingerprint density at radius 3 is 2.85 bits per heavy atom. The molecule has 0 aliphatic carbocycles. The summed E-state index contributed by atoms with van der Waals surface area (Å²) >= 11 is 0. The minimum atomic E-state index is 0.612. The highest BCUT2D eigenvalue weighted by atomic mass is 16.5. The van der Waals surface area contributed by atoms with Crippen molar-refractivity contribution in [2.24, 2.45) is 0 Å². The number of benzene rings is 1. The van der Waals surface area contributed by atoms with Crippen LogP contribution in [0.25, 0.3) is 0 Å². The van der Waals surface area contributed by atoms with Crippen LogP contribution in [0.5, 0.6) is 5.75 Å². The van der Waals surface area contributed by atoms with E-state index >= 15 is 0 Å². The largest absolute Gasteiger partial charge is 0.493 e. The second-order valence-electron chi connectivity index (χ2n) is 5.91. The van der Waals surface area contributed by atoms with E-state index in [1.165, 1.54) is 37.7 Å². The zero-order valence-electron chi connectivity index (χ0n) is 13.0. The highest BCUT2D eigenvalue weighted by molar-refractivity contribution is 5.37. The zero-order valence-corrected chi connectivity index (χ0v) is 13.0. The molecule has 0 saturated carbocycles. The first-order valence-corrected chi connectivity index (χ1v) is 8.30. The van der Waals surface area contributed by atoms with Crippen molar-refractivity contribution in [1.29, 1.82) is 0 Å². The highest BCUT2D eigenvalue weighted by Crippen LogP contribution is 2.32. The third kappa shape index (κ3) is 4.24. The van der Waals surface area contributed by atoms with E-state index in [2.05, 4.69) is 43.4 Å². The normalized spacial score (nSPS) is 19.2. The Morgan fingerprint density at radius 2 is 2.05 bits per heavy atom. The summed E-state index contributed by atoms with van der Waals surface area (Å²) in [5.74, 6) is 1.70. The monoisotopic (exact) mass is 275 g/mol. The van der Waals surface area contributed by atoms with Crippen molar-refractivity contribution in [1.82, 2.24) is 5.32 Å². The molecule has 2 heteroatoms. The van der Waals surface area contributed by atoms with Gasteiger partial charge in [0.1, 0.15) is 5.75 Å². The second-order valence-corrected chi connectivity index (χ2v) is 5.91. The number of hydrogen-bond donors (Lipinski definition) is 1. The van der Waals surface area contributed by atoms with Gasteiger partial charge >= 0.3 is 0 Å². The molecule has 20 heavy (non-hydrogen) atoms. The van der Waals surface area contributed by atoms with Gasteiger partial charge in [0, 0.05) is 18.5 Å². The zero-order chi connectivity index (χ0) is 14.2. The van der Waals surface area contributed by atoms with Crippen LogP contribution in [-0.2, 0) is 0 Å². The summed E-state index contributed by atoms with van der Waals surface area (Å²) in [6.07, 6.45) is 7.65. The van der Waals surface area contributed by atoms with E-state index in [0.717, 1.165) is 25.3 Å². The Morgan fingerprint density at radius 1 is 1.20 bits per heavy atom. The minimum absolute atomic E-state index is 0.612. The predicted molar refractivity (Wildman–Crippen MR) is 85.5 cm³/mol. The number of rotatable bonds is 8. The number of hydrogen-bond acceptors (Lipinski definition) is 2. The van der Waals surface area contributed by atoms with E-state index in [-0.39, 0.29) is 0 Å². The lowest BCUT2D eigenvalue weighted by atomic mass is 9.92. The van der Waals surface area contributed by atoms with Crippen LogP contribution in [0.1, 0.15) is 63.9 Å². The molecular weight excluding hydrogens is 246 g/mol. The van der Waals surface area contributed by atoms with Crippen molar-refractivity contribution >= 4 is 0 Å². The molecule has 0 spiro atoms. The number of unbranched alkanes of at least 4 members (excludes halogenated alkanes) is 1. The smallest absolute Gasteiger partial charge is 0.122 e. The molecule has 0 radical (unpaired) electrons. The Hall–Kier alpha value is -1.02. The third-order valence-corrected chi connectivity index (χ3v) is 4.28. The molecule has 0 fully saturated rings. The van der Waals surface area contributed by atoms with Gasteiger partial charge in [-0.15, -0.1) is 0 Å². The summed E-state index contributed by atoms with van der Waals surface area (Å²) in [6, 6.07) is 9.20. The molecule has 1 heterocycles. The topological polar surface area (TPSA) is 21.3 Å². The Kier molecular flexibility index (Phi) is 6.38. The maximum atomic E-state index is 5.75. The van der Waals surface area contributed by atoms with E-state index in [9.17, 15) is 0 Å². The van der Waals surface area contributed by atoms with Crippen LogP contribution >= 0.6 is 0 Å². The van der Waals surface area contributed by atoms with Gasteiger partial charge in [-0.1, -0.05) is 51.3 Å². The summed E-state index contributed by atoms with van der Waals surface area (Å²) in [4.78, 5) is 0. The average Bonchev–Trinajstić information content (AvgIpc) is 2.50. The van der Waals surface area contributed by atoms with E-state index in [1.807, 2.05) is 0 Å². The fourth-order valence-electron chi connectivity index (χ4n) is 3.08. The first-order valence-electron chi connectivity index (χ1n) is 8.30. The first-order chi connectivity index (χ1) is 9.85. The van der Waals surface area contributed by atoms with Gasteiger partial charge in [0.25, 0.3) is 0 Å². The Balaban J connectivity index is 1.89. The number of para-hydroxylation sites is 1. The molecule has 2 unspecified atom stereocenters. The molecule has 1 aliphatic rings. The fraction of sp³-hybridized carbons (Fsp3) is 0.667. The van der Waals surface area contributed by atoms with Gasteiger partial charge in [-0.05, 0) is 30.9 Å². The summed E-state index contributed by atoms with van der Waals surface area (Å²) in [6.45, 7) is 6.51. The van der Waals surface area contributed by atoms with E-state index in [4.69, 9.17) is 4.74 Å². The average molecular weight is 275 g/mol. The lowest BCUT2D eigenvalue weighted by molar-refractivity contribution is 0.260. The van der Waals surface area contributed by atoms with E-state index < -0.39 is 0 Å². The van der Waals surface area contributed by atoms with Crippen molar-refractivity contribution in [2.75, 3.05) is 13.2 Å². The van der Waals surface area contributed by atoms with E-state index in [1.54, 1.807) is 0 Å². The van der Waals surface area contributed by atoms with Crippen molar-refractivity contribution in [2.45, 2.75) is 64.3 Å². The molecule has 1 aromatic carbocycles. The summed E-state index contributed by atoms with van der Waals surface area (Å²) in [7, 11) is 0. The second kappa shape index (κ2) is 8.31. The summed E-state index contributed by atoms with van der Waals surface area (Å²) in [5.41, 5.74) is 1.39. The van der Waals surface area contributed by atoms with Crippen LogP contribution in [0, 0.1) is 0 Å². The van der Waals surface area contributed by atoms with E-state index in [0.29, 0.717) is 12.0 Å². The third-order valence-electron chi connectivity index (χ3n) is 4.28. The maximum absolute atomic E-state index is 5.75. The Labute approximate surface area is 123 Å². The molecule has 112 valence electrons. The molecule has 1 aliphatic heterocycles. The van der Waals surface area contributed by atoms with Crippen molar-refractivity contribution in [3.63, 3.8) is 0 Å². The molecule has 2 atom stereocenters. The van der Waals surface area contributed by atoms with Crippen molar-refractivity contribution < 1.29 is 4.74 Å². The highest BCUT2D eigenvalue weighted by Gasteiger charge is 2.21. The molecule has 0 bridgehead atoms. The number of fused-ring (bicyclic) bond motifs is 1. The molecule has 0 amide bonds. The quantitative estimate of drug-likeness (QED) is 0.754. The van der Waals surface area contributed by atoms with Crippen LogP contribution < -0.4 is 10.1 Å². The van der Waals surface area contributed by atoms with Crippen molar-refractivity contribution in [3.8, 4) is 5.75 Å². The number of ether oxygens (including phenoxy) is 1.